The van der Waals surface area contributed by atoms with Crippen LogP contribution in [0.2, 0.25) is 5.02 Å². The number of nitrogens with zero attached hydrogens (tertiary/aromatic N) is 3. The fourth-order valence-electron chi connectivity index (χ4n) is 3.86. The molecule has 1 aliphatic rings. The number of anilines is 2. The third-order valence-electron chi connectivity index (χ3n) is 5.45. The Morgan fingerprint density at radius 1 is 1.19 bits per heavy atom. The van der Waals surface area contributed by atoms with Crippen LogP contribution < -0.4 is 20.5 Å². The monoisotopic (exact) mass is 449 g/mol. The van der Waals surface area contributed by atoms with E-state index >= 15 is 0 Å². The molecule has 3 aromatic rings. The van der Waals surface area contributed by atoms with Crippen molar-refractivity contribution in [2.24, 2.45) is 0 Å². The molecule has 3 N–H and O–H groups in total. The minimum atomic E-state index is -2.69. The Hall–Kier alpha value is -2.94. The predicted octanol–water partition coefficient (Wildman–Crippen LogP) is 4.85. The molecule has 2 heterocycles. The highest BCUT2D eigenvalue weighted by atomic mass is 35.5. The van der Waals surface area contributed by atoms with Crippen LogP contribution in [-0.4, -0.2) is 41.1 Å². The second kappa shape index (κ2) is 7.96. The van der Waals surface area contributed by atoms with Crippen molar-refractivity contribution >= 4 is 34.1 Å². The first-order valence-electron chi connectivity index (χ1n) is 9.71. The number of methoxy groups -OCH3 is 2. The van der Waals surface area contributed by atoms with Crippen molar-refractivity contribution in [1.29, 1.82) is 0 Å². The summed E-state index contributed by atoms with van der Waals surface area (Å²) in [6, 6.07) is 2.88. The van der Waals surface area contributed by atoms with Crippen molar-refractivity contribution in [2.75, 3.05) is 25.3 Å². The molecule has 4 rings (SSSR count). The summed E-state index contributed by atoms with van der Waals surface area (Å²) in [5.41, 5.74) is 7.59. The van der Waals surface area contributed by atoms with Crippen LogP contribution in [0.5, 0.6) is 11.5 Å². The molecular formula is C21H22ClF2N5O2. The van der Waals surface area contributed by atoms with Gasteiger partial charge in [-0.15, -0.1) is 0 Å². The van der Waals surface area contributed by atoms with Gasteiger partial charge in [0.05, 0.1) is 31.0 Å². The molecule has 0 amide bonds. The van der Waals surface area contributed by atoms with E-state index < -0.39 is 12.0 Å². The number of pyridine rings is 1. The Bertz CT molecular complexity index is 1130. The summed E-state index contributed by atoms with van der Waals surface area (Å²) in [7, 11) is 3.04. The summed E-state index contributed by atoms with van der Waals surface area (Å²) in [5.74, 6) is -0.756. The van der Waals surface area contributed by atoms with Gasteiger partial charge in [0.2, 0.25) is 5.92 Å². The number of nitrogens with two attached hydrogens (primary N) is 1. The molecule has 0 bridgehead atoms. The molecule has 164 valence electrons. The van der Waals surface area contributed by atoms with Gasteiger partial charge in [0.25, 0.3) is 0 Å². The van der Waals surface area contributed by atoms with E-state index in [1.165, 1.54) is 13.3 Å². The molecule has 2 aromatic heterocycles. The molecule has 1 aliphatic carbocycles. The van der Waals surface area contributed by atoms with Crippen LogP contribution in [0.15, 0.2) is 18.3 Å². The van der Waals surface area contributed by atoms with Crippen molar-refractivity contribution in [3.63, 3.8) is 0 Å². The number of rotatable bonds is 5. The zero-order valence-electron chi connectivity index (χ0n) is 17.3. The van der Waals surface area contributed by atoms with Crippen molar-refractivity contribution in [3.05, 3.63) is 28.9 Å². The number of hydrogen-bond acceptors (Lipinski definition) is 7. The quantitative estimate of drug-likeness (QED) is 0.574. The van der Waals surface area contributed by atoms with E-state index in [0.717, 1.165) is 5.56 Å². The summed E-state index contributed by atoms with van der Waals surface area (Å²) >= 11 is 6.60. The van der Waals surface area contributed by atoms with Crippen molar-refractivity contribution in [1.82, 2.24) is 15.0 Å². The van der Waals surface area contributed by atoms with Crippen LogP contribution in [0.25, 0.3) is 22.3 Å². The molecular weight excluding hydrogens is 428 g/mol. The van der Waals surface area contributed by atoms with E-state index in [1.54, 1.807) is 19.2 Å². The number of ether oxygens (including phenoxy) is 2. The zero-order valence-corrected chi connectivity index (χ0v) is 18.1. The molecule has 0 aliphatic heterocycles. The summed E-state index contributed by atoms with van der Waals surface area (Å²) in [4.78, 5) is 13.4. The molecule has 1 saturated carbocycles. The molecule has 1 aromatic carbocycles. The highest BCUT2D eigenvalue weighted by molar-refractivity contribution is 6.35. The third kappa shape index (κ3) is 4.01. The van der Waals surface area contributed by atoms with Crippen LogP contribution in [0.4, 0.5) is 20.4 Å². The minimum absolute atomic E-state index is 0.164. The number of hydrogen-bond donors (Lipinski definition) is 2. The topological polar surface area (TPSA) is 95.2 Å². The Balaban J connectivity index is 1.90. The van der Waals surface area contributed by atoms with Gasteiger partial charge in [-0.05, 0) is 19.4 Å². The molecule has 1 unspecified atom stereocenters. The molecule has 1 atom stereocenters. The zero-order chi connectivity index (χ0) is 22.3. The number of halogens is 3. The lowest BCUT2D eigenvalue weighted by atomic mass is 10.1. The Morgan fingerprint density at radius 2 is 1.94 bits per heavy atom. The van der Waals surface area contributed by atoms with Gasteiger partial charge in [-0.3, -0.25) is 0 Å². The van der Waals surface area contributed by atoms with Crippen LogP contribution in [0.3, 0.4) is 0 Å². The largest absolute Gasteiger partial charge is 0.496 e. The average molecular weight is 450 g/mol. The van der Waals surface area contributed by atoms with Gasteiger partial charge in [-0.25, -0.2) is 23.7 Å². The molecule has 0 radical (unpaired) electrons. The Kier molecular flexibility index (Phi) is 5.47. The van der Waals surface area contributed by atoms with Gasteiger partial charge in [0.1, 0.15) is 23.1 Å². The second-order valence-corrected chi connectivity index (χ2v) is 7.94. The lowest BCUT2D eigenvalue weighted by Gasteiger charge is -2.18. The van der Waals surface area contributed by atoms with Crippen LogP contribution in [0.1, 0.15) is 24.8 Å². The maximum Gasteiger partial charge on any atom is 0.250 e. The molecule has 1 fully saturated rings. The predicted molar refractivity (Wildman–Crippen MR) is 116 cm³/mol. The minimum Gasteiger partial charge on any atom is -0.496 e. The van der Waals surface area contributed by atoms with Crippen LogP contribution in [0, 0.1) is 6.92 Å². The van der Waals surface area contributed by atoms with Gasteiger partial charge in [-0.1, -0.05) is 11.6 Å². The first kappa shape index (κ1) is 21.3. The normalized spacial score (nSPS) is 17.7. The van der Waals surface area contributed by atoms with Gasteiger partial charge >= 0.3 is 0 Å². The van der Waals surface area contributed by atoms with Gasteiger partial charge in [0.15, 0.2) is 5.82 Å². The maximum absolute atomic E-state index is 13.7. The van der Waals surface area contributed by atoms with Crippen molar-refractivity contribution in [2.45, 2.75) is 38.2 Å². The van der Waals surface area contributed by atoms with E-state index in [9.17, 15) is 8.78 Å². The number of nitrogen functional groups attached to an aromatic ring is 1. The van der Waals surface area contributed by atoms with Gasteiger partial charge < -0.3 is 20.5 Å². The van der Waals surface area contributed by atoms with E-state index in [4.69, 9.17) is 26.8 Å². The number of aromatic nitrogens is 3. The van der Waals surface area contributed by atoms with E-state index in [2.05, 4.69) is 20.3 Å². The summed E-state index contributed by atoms with van der Waals surface area (Å²) in [5, 5.41) is 4.07. The van der Waals surface area contributed by atoms with E-state index in [-0.39, 0.29) is 18.7 Å². The Labute approximate surface area is 182 Å². The summed E-state index contributed by atoms with van der Waals surface area (Å²) in [6.45, 7) is 1.83. The highest BCUT2D eigenvalue weighted by Gasteiger charge is 2.39. The van der Waals surface area contributed by atoms with Gasteiger partial charge in [-0.2, -0.15) is 0 Å². The fourth-order valence-corrected chi connectivity index (χ4v) is 4.22. The number of alkyl halides is 2. The van der Waals surface area contributed by atoms with Crippen LogP contribution in [-0.2, 0) is 0 Å². The van der Waals surface area contributed by atoms with Crippen molar-refractivity contribution < 1.29 is 18.3 Å². The molecule has 0 saturated heterocycles. The molecule has 31 heavy (non-hydrogen) atoms. The number of fused-ring (bicyclic) bond motifs is 1. The lowest BCUT2D eigenvalue weighted by Crippen LogP contribution is -2.20. The number of benzene rings is 1. The van der Waals surface area contributed by atoms with E-state index in [1.807, 2.05) is 6.92 Å². The number of nitrogens with one attached hydrogen (secondary N) is 1. The van der Waals surface area contributed by atoms with Gasteiger partial charge in [0, 0.05) is 41.5 Å². The SMILES string of the molecule is COc1cc(OC)c(Cl)c(-c2nc(NC3CCC(F)(F)C3)c3cc(N)ncc3n2)c1C. The van der Waals surface area contributed by atoms with E-state index in [0.29, 0.717) is 51.1 Å². The standard InChI is InChI=1S/C21H22ClF2N5O2/c1-10-14(30-2)7-15(31-3)18(22)17(10)20-28-13-9-26-16(25)6-12(13)19(29-20)27-11-4-5-21(23,24)8-11/h6-7,9,11H,4-5,8H2,1-3H3,(H2,25,26)(H,27,28,29). The second-order valence-electron chi connectivity index (χ2n) is 7.56. The summed E-state index contributed by atoms with van der Waals surface area (Å²) in [6.07, 6.45) is 1.43. The Morgan fingerprint density at radius 3 is 2.58 bits per heavy atom. The smallest absolute Gasteiger partial charge is 0.250 e. The van der Waals surface area contributed by atoms with Crippen LogP contribution >= 0.6 is 11.6 Å². The first-order valence-corrected chi connectivity index (χ1v) is 10.1. The third-order valence-corrected chi connectivity index (χ3v) is 5.83. The maximum atomic E-state index is 13.7. The van der Waals surface area contributed by atoms with Crippen molar-refractivity contribution in [3.8, 4) is 22.9 Å². The lowest BCUT2D eigenvalue weighted by molar-refractivity contribution is 0.00852. The molecule has 7 nitrogen and oxygen atoms in total. The first-order chi connectivity index (χ1) is 14.7. The molecule has 10 heteroatoms. The molecule has 0 spiro atoms. The average Bonchev–Trinajstić information content (AvgIpc) is 3.07. The summed E-state index contributed by atoms with van der Waals surface area (Å²) < 4.78 is 38.3. The fraction of sp³-hybridized carbons (Fsp3) is 0.381. The highest BCUT2D eigenvalue weighted by Crippen LogP contribution is 2.43.